The number of anilines is 1. The monoisotopic (exact) mass is 330 g/mol. The molecule has 1 aromatic heterocycles. The number of thiophene rings is 1. The van der Waals surface area contributed by atoms with Crippen molar-refractivity contribution in [2.45, 2.75) is 6.04 Å². The minimum absolute atomic E-state index is 0.211. The van der Waals surface area contributed by atoms with E-state index in [2.05, 4.69) is 94.7 Å². The third-order valence-corrected chi connectivity index (χ3v) is 4.93. The van der Waals surface area contributed by atoms with E-state index in [9.17, 15) is 0 Å². The molecule has 0 spiro atoms. The summed E-state index contributed by atoms with van der Waals surface area (Å²) in [7, 11) is 0. The van der Waals surface area contributed by atoms with Gasteiger partial charge in [-0.05, 0) is 41.3 Å². The molecule has 24 heavy (non-hydrogen) atoms. The van der Waals surface area contributed by atoms with E-state index in [1.807, 2.05) is 12.1 Å². The fraction of sp³-hybridized carbons (Fsp3) is 0.0476. The van der Waals surface area contributed by atoms with Crippen molar-refractivity contribution < 1.29 is 0 Å². The molecule has 0 amide bonds. The van der Waals surface area contributed by atoms with Crippen LogP contribution in [0.2, 0.25) is 0 Å². The number of hydrazine groups is 1. The first-order chi connectivity index (χ1) is 11.9. The highest BCUT2D eigenvalue weighted by atomic mass is 32.1. The smallest absolute Gasteiger partial charge is 0.105 e. The van der Waals surface area contributed by atoms with Gasteiger partial charge in [-0.15, -0.1) is 11.3 Å². The van der Waals surface area contributed by atoms with Gasteiger partial charge in [0.1, 0.15) is 6.04 Å². The molecule has 0 aliphatic carbocycles. The van der Waals surface area contributed by atoms with Gasteiger partial charge in [0.15, 0.2) is 0 Å². The summed E-state index contributed by atoms with van der Waals surface area (Å²) in [5.74, 6) is 0. The summed E-state index contributed by atoms with van der Waals surface area (Å²) in [6, 6.07) is 25.3. The quantitative estimate of drug-likeness (QED) is 0.688. The van der Waals surface area contributed by atoms with Gasteiger partial charge < -0.3 is 0 Å². The first-order valence-electron chi connectivity index (χ1n) is 7.99. The predicted octanol–water partition coefficient (Wildman–Crippen LogP) is 5.41. The molecule has 0 bridgehead atoms. The molecular weight excluding hydrogens is 312 g/mol. The lowest BCUT2D eigenvalue weighted by Crippen LogP contribution is -2.33. The zero-order valence-corrected chi connectivity index (χ0v) is 14.0. The number of nitrogens with one attached hydrogen (secondary N) is 1. The fourth-order valence-corrected chi connectivity index (χ4v) is 3.60. The number of para-hydroxylation sites is 1. The van der Waals surface area contributed by atoms with E-state index in [0.717, 1.165) is 11.4 Å². The van der Waals surface area contributed by atoms with Gasteiger partial charge in [-0.1, -0.05) is 60.7 Å². The van der Waals surface area contributed by atoms with Crippen molar-refractivity contribution in [3.05, 3.63) is 106 Å². The Kier molecular flexibility index (Phi) is 4.17. The van der Waals surface area contributed by atoms with Crippen LogP contribution in [0.25, 0.3) is 6.08 Å². The van der Waals surface area contributed by atoms with Crippen LogP contribution in [0, 0.1) is 0 Å². The standard InChI is InChI=1S/C21H18N2S/c1-3-8-17(9-4-1)13-14-18-16-20(21-12-7-15-24-21)23(22-18)19-10-5-2-6-11-19/h1-16,20,22H. The van der Waals surface area contributed by atoms with Gasteiger partial charge in [0.05, 0.1) is 11.4 Å². The number of benzene rings is 2. The van der Waals surface area contributed by atoms with Crippen molar-refractivity contribution in [3.8, 4) is 0 Å². The SMILES string of the molecule is C(=Cc1ccccc1)C1=CC(c2cccs2)N(c2ccccc2)N1. The van der Waals surface area contributed by atoms with E-state index in [0.29, 0.717) is 0 Å². The highest BCUT2D eigenvalue weighted by molar-refractivity contribution is 7.10. The maximum atomic E-state index is 3.53. The normalized spacial score (nSPS) is 17.1. The third-order valence-electron chi connectivity index (χ3n) is 3.99. The Balaban J connectivity index is 1.62. The molecule has 0 saturated carbocycles. The van der Waals surface area contributed by atoms with E-state index in [4.69, 9.17) is 0 Å². The summed E-state index contributed by atoms with van der Waals surface area (Å²) in [4.78, 5) is 1.33. The van der Waals surface area contributed by atoms with Crippen LogP contribution in [0.15, 0.2) is 96.0 Å². The summed E-state index contributed by atoms with van der Waals surface area (Å²) in [6.07, 6.45) is 6.55. The van der Waals surface area contributed by atoms with Crippen molar-refractivity contribution in [1.82, 2.24) is 5.43 Å². The topological polar surface area (TPSA) is 15.3 Å². The first-order valence-corrected chi connectivity index (χ1v) is 8.87. The number of hydrogen-bond donors (Lipinski definition) is 1. The van der Waals surface area contributed by atoms with Gasteiger partial charge in [0, 0.05) is 4.88 Å². The van der Waals surface area contributed by atoms with Gasteiger partial charge in [0.25, 0.3) is 0 Å². The second kappa shape index (κ2) is 6.77. The summed E-state index contributed by atoms with van der Waals surface area (Å²) in [5, 5.41) is 4.35. The molecule has 4 rings (SSSR count). The van der Waals surface area contributed by atoms with Crippen molar-refractivity contribution >= 4 is 23.1 Å². The Morgan fingerprint density at radius 2 is 1.58 bits per heavy atom. The molecule has 118 valence electrons. The molecule has 1 aliphatic rings. The van der Waals surface area contributed by atoms with Gasteiger partial charge in [-0.25, -0.2) is 0 Å². The number of allylic oxidation sites excluding steroid dienone is 1. The van der Waals surface area contributed by atoms with Crippen molar-refractivity contribution in [3.63, 3.8) is 0 Å². The van der Waals surface area contributed by atoms with E-state index >= 15 is 0 Å². The molecule has 0 fully saturated rings. The van der Waals surface area contributed by atoms with E-state index in [-0.39, 0.29) is 6.04 Å². The molecule has 2 nitrogen and oxygen atoms in total. The Morgan fingerprint density at radius 3 is 2.29 bits per heavy atom. The minimum atomic E-state index is 0.211. The molecule has 1 aliphatic heterocycles. The second-order valence-corrected chi connectivity index (χ2v) is 6.62. The molecule has 2 heterocycles. The number of rotatable bonds is 4. The average molecular weight is 330 g/mol. The minimum Gasteiger partial charge on any atom is -0.298 e. The molecular formula is C21H18N2S. The van der Waals surface area contributed by atoms with Crippen molar-refractivity contribution in [1.29, 1.82) is 0 Å². The third kappa shape index (κ3) is 3.12. The molecule has 1 atom stereocenters. The van der Waals surface area contributed by atoms with E-state index in [1.54, 1.807) is 11.3 Å². The van der Waals surface area contributed by atoms with Crippen LogP contribution in [-0.4, -0.2) is 0 Å². The van der Waals surface area contributed by atoms with E-state index < -0.39 is 0 Å². The Labute approximate surface area is 146 Å². The Bertz CT molecular complexity index is 836. The average Bonchev–Trinajstić information content (AvgIpc) is 3.31. The van der Waals surface area contributed by atoms with Crippen LogP contribution < -0.4 is 10.4 Å². The Morgan fingerprint density at radius 1 is 0.833 bits per heavy atom. The maximum Gasteiger partial charge on any atom is 0.105 e. The fourth-order valence-electron chi connectivity index (χ4n) is 2.82. The lowest BCUT2D eigenvalue weighted by atomic mass is 10.1. The summed E-state index contributed by atoms with van der Waals surface area (Å²) in [6.45, 7) is 0. The van der Waals surface area contributed by atoms with Gasteiger partial charge in [-0.2, -0.15) is 0 Å². The van der Waals surface area contributed by atoms with Crippen molar-refractivity contribution in [2.24, 2.45) is 0 Å². The molecule has 0 radical (unpaired) electrons. The largest absolute Gasteiger partial charge is 0.298 e. The Hall–Kier alpha value is -2.78. The summed E-state index contributed by atoms with van der Waals surface area (Å²) >= 11 is 1.78. The van der Waals surface area contributed by atoms with Crippen LogP contribution in [0.4, 0.5) is 5.69 Å². The number of nitrogens with zero attached hydrogens (tertiary/aromatic N) is 1. The maximum absolute atomic E-state index is 3.53. The van der Waals surface area contributed by atoms with Gasteiger partial charge >= 0.3 is 0 Å². The summed E-state index contributed by atoms with van der Waals surface area (Å²) in [5.41, 5.74) is 7.00. The van der Waals surface area contributed by atoms with Gasteiger partial charge in [0.2, 0.25) is 0 Å². The van der Waals surface area contributed by atoms with Crippen LogP contribution in [0.3, 0.4) is 0 Å². The molecule has 0 saturated heterocycles. The van der Waals surface area contributed by atoms with E-state index in [1.165, 1.54) is 10.4 Å². The zero-order chi connectivity index (χ0) is 16.2. The van der Waals surface area contributed by atoms with Crippen LogP contribution in [-0.2, 0) is 0 Å². The van der Waals surface area contributed by atoms with Crippen LogP contribution >= 0.6 is 11.3 Å². The molecule has 2 aromatic carbocycles. The first kappa shape index (κ1) is 14.8. The van der Waals surface area contributed by atoms with Gasteiger partial charge in [-0.3, -0.25) is 10.4 Å². The van der Waals surface area contributed by atoms with Crippen LogP contribution in [0.1, 0.15) is 16.5 Å². The van der Waals surface area contributed by atoms with Crippen molar-refractivity contribution in [2.75, 3.05) is 5.01 Å². The highest BCUT2D eigenvalue weighted by Gasteiger charge is 2.26. The highest BCUT2D eigenvalue weighted by Crippen LogP contribution is 2.34. The van der Waals surface area contributed by atoms with Crippen LogP contribution in [0.5, 0.6) is 0 Å². The molecule has 3 aromatic rings. The summed E-state index contributed by atoms with van der Waals surface area (Å²) < 4.78 is 0. The number of hydrogen-bond acceptors (Lipinski definition) is 3. The lowest BCUT2D eigenvalue weighted by Gasteiger charge is -2.26. The molecule has 1 unspecified atom stereocenters. The molecule has 3 heteroatoms. The zero-order valence-electron chi connectivity index (χ0n) is 13.2. The second-order valence-electron chi connectivity index (χ2n) is 5.64. The molecule has 1 N–H and O–H groups in total. The lowest BCUT2D eigenvalue weighted by molar-refractivity contribution is 0.718. The predicted molar refractivity (Wildman–Crippen MR) is 103 cm³/mol.